The molecule has 0 spiro atoms. The zero-order valence-electron chi connectivity index (χ0n) is 11.6. The van der Waals surface area contributed by atoms with Gasteiger partial charge in [-0.2, -0.15) is 0 Å². The zero-order valence-corrected chi connectivity index (χ0v) is 11.6. The number of nitrogens with one attached hydrogen (secondary N) is 1. The molecule has 3 nitrogen and oxygen atoms in total. The smallest absolute Gasteiger partial charge is 0.168 e. The fourth-order valence-corrected chi connectivity index (χ4v) is 2.26. The van der Waals surface area contributed by atoms with Gasteiger partial charge in [0.05, 0.1) is 24.6 Å². The van der Waals surface area contributed by atoms with Gasteiger partial charge in [-0.15, -0.1) is 0 Å². The monoisotopic (exact) mass is 287 g/mol. The van der Waals surface area contributed by atoms with Crippen LogP contribution >= 0.6 is 0 Å². The molecule has 0 fully saturated rings. The van der Waals surface area contributed by atoms with Crippen LogP contribution in [-0.2, 0) is 6.54 Å². The molecule has 0 aliphatic carbocycles. The van der Waals surface area contributed by atoms with Gasteiger partial charge < -0.3 is 10.2 Å². The molecule has 0 bridgehead atoms. The molecule has 1 aliphatic heterocycles. The summed E-state index contributed by atoms with van der Waals surface area (Å²) in [6.07, 6.45) is 3.81. The first-order valence-corrected chi connectivity index (χ1v) is 6.70. The lowest BCUT2D eigenvalue weighted by molar-refractivity contribution is 0.379. The quantitative estimate of drug-likeness (QED) is 0.940. The van der Waals surface area contributed by atoms with E-state index in [1.54, 1.807) is 6.07 Å². The molecule has 0 saturated carbocycles. The Bertz CT molecular complexity index is 698. The van der Waals surface area contributed by atoms with E-state index in [1.165, 1.54) is 12.1 Å². The van der Waals surface area contributed by atoms with E-state index >= 15 is 0 Å². The van der Waals surface area contributed by atoms with Crippen molar-refractivity contribution in [3.05, 3.63) is 65.6 Å². The minimum Gasteiger partial charge on any atom is -0.373 e. The molecule has 0 unspecified atom stereocenters. The maximum absolute atomic E-state index is 13.9. The first-order valence-electron chi connectivity index (χ1n) is 6.70. The molecule has 5 heteroatoms. The van der Waals surface area contributed by atoms with E-state index in [0.29, 0.717) is 12.2 Å². The second-order valence-electron chi connectivity index (χ2n) is 4.99. The summed E-state index contributed by atoms with van der Waals surface area (Å²) in [5, 5.41) is 3.08. The zero-order chi connectivity index (χ0) is 14.8. The van der Waals surface area contributed by atoms with E-state index in [2.05, 4.69) is 15.2 Å². The summed E-state index contributed by atoms with van der Waals surface area (Å²) in [6.45, 7) is 3.31. The van der Waals surface area contributed by atoms with Crippen LogP contribution in [-0.4, -0.2) is 16.6 Å². The minimum absolute atomic E-state index is 0.186. The third-order valence-corrected chi connectivity index (χ3v) is 3.48. The van der Waals surface area contributed by atoms with Crippen molar-refractivity contribution in [1.29, 1.82) is 0 Å². The Labute approximate surface area is 121 Å². The Morgan fingerprint density at radius 1 is 1.24 bits per heavy atom. The molecule has 1 aromatic carbocycles. The van der Waals surface area contributed by atoms with Gasteiger partial charge in [-0.3, -0.25) is 4.98 Å². The molecule has 0 saturated heterocycles. The Balaban J connectivity index is 1.96. The molecule has 2 aromatic rings. The van der Waals surface area contributed by atoms with Crippen molar-refractivity contribution < 1.29 is 8.78 Å². The molecular formula is C16H15F2N3. The molecule has 1 N–H and O–H groups in total. The molecule has 21 heavy (non-hydrogen) atoms. The molecule has 0 amide bonds. The Kier molecular flexibility index (Phi) is 3.56. The highest BCUT2D eigenvalue weighted by Crippen LogP contribution is 2.24. The number of aryl methyl sites for hydroxylation is 1. The number of pyridine rings is 1. The number of nitrogens with zero attached hydrogens (tertiary/aromatic N) is 2. The van der Waals surface area contributed by atoms with Crippen molar-refractivity contribution in [2.24, 2.45) is 0 Å². The number of hydrogen-bond donors (Lipinski definition) is 1. The highest BCUT2D eigenvalue weighted by Gasteiger charge is 2.13. The molecule has 1 aromatic heterocycles. The van der Waals surface area contributed by atoms with Crippen molar-refractivity contribution in [2.45, 2.75) is 13.5 Å². The highest BCUT2D eigenvalue weighted by atomic mass is 19.2. The van der Waals surface area contributed by atoms with E-state index < -0.39 is 11.6 Å². The van der Waals surface area contributed by atoms with Crippen molar-refractivity contribution in [3.63, 3.8) is 0 Å². The van der Waals surface area contributed by atoms with Gasteiger partial charge in [0.25, 0.3) is 0 Å². The standard InChI is InChI=1S/C16H15F2N3/c1-11-5-6-14(12-3-2-4-13(17)16(12)18)20-15(11)9-21-8-7-19-10-21/h2-8,19H,9-10H2,1H3. The largest absolute Gasteiger partial charge is 0.373 e. The number of halogens is 2. The Morgan fingerprint density at radius 2 is 2.10 bits per heavy atom. The average molecular weight is 287 g/mol. The summed E-state index contributed by atoms with van der Waals surface area (Å²) in [6, 6.07) is 7.73. The molecule has 1 aliphatic rings. The SMILES string of the molecule is Cc1ccc(-c2cccc(F)c2F)nc1CN1C=CNC1. The van der Waals surface area contributed by atoms with Crippen LogP contribution in [0.5, 0.6) is 0 Å². The number of benzene rings is 1. The number of rotatable bonds is 3. The summed E-state index contributed by atoms with van der Waals surface area (Å²) >= 11 is 0. The lowest BCUT2D eigenvalue weighted by atomic mass is 10.1. The lowest BCUT2D eigenvalue weighted by Crippen LogP contribution is -2.21. The predicted molar refractivity (Wildman–Crippen MR) is 77.0 cm³/mol. The normalized spacial score (nSPS) is 13.6. The second-order valence-corrected chi connectivity index (χ2v) is 4.99. The van der Waals surface area contributed by atoms with Crippen LogP contribution in [0.4, 0.5) is 8.78 Å². The Morgan fingerprint density at radius 3 is 2.86 bits per heavy atom. The van der Waals surface area contributed by atoms with E-state index in [0.717, 1.165) is 24.0 Å². The topological polar surface area (TPSA) is 28.2 Å². The van der Waals surface area contributed by atoms with Gasteiger partial charge in [0, 0.05) is 18.0 Å². The molecule has 3 rings (SSSR count). The minimum atomic E-state index is -0.859. The van der Waals surface area contributed by atoms with Crippen LogP contribution < -0.4 is 5.32 Å². The number of hydrogen-bond acceptors (Lipinski definition) is 3. The molecule has 108 valence electrons. The predicted octanol–water partition coefficient (Wildman–Crippen LogP) is 3.17. The summed E-state index contributed by atoms with van der Waals surface area (Å²) in [5.74, 6) is -1.72. The van der Waals surface area contributed by atoms with Crippen molar-refractivity contribution in [3.8, 4) is 11.3 Å². The van der Waals surface area contributed by atoms with Crippen LogP contribution in [0.2, 0.25) is 0 Å². The first-order chi connectivity index (χ1) is 10.1. The van der Waals surface area contributed by atoms with E-state index in [-0.39, 0.29) is 5.56 Å². The fraction of sp³-hybridized carbons (Fsp3) is 0.188. The van der Waals surface area contributed by atoms with Crippen molar-refractivity contribution in [1.82, 2.24) is 15.2 Å². The molecule has 2 heterocycles. The summed E-state index contributed by atoms with van der Waals surface area (Å²) in [7, 11) is 0. The summed E-state index contributed by atoms with van der Waals surface area (Å²) in [5.41, 5.74) is 2.51. The van der Waals surface area contributed by atoms with Gasteiger partial charge in [-0.25, -0.2) is 8.78 Å². The van der Waals surface area contributed by atoms with Gasteiger partial charge in [-0.1, -0.05) is 12.1 Å². The van der Waals surface area contributed by atoms with Crippen molar-refractivity contribution >= 4 is 0 Å². The highest BCUT2D eigenvalue weighted by molar-refractivity contribution is 5.60. The fourth-order valence-electron chi connectivity index (χ4n) is 2.26. The van der Waals surface area contributed by atoms with Gasteiger partial charge in [0.2, 0.25) is 0 Å². The van der Waals surface area contributed by atoms with Gasteiger partial charge in [0.15, 0.2) is 11.6 Å². The van der Waals surface area contributed by atoms with Gasteiger partial charge in [-0.05, 0) is 30.7 Å². The van der Waals surface area contributed by atoms with E-state index in [4.69, 9.17) is 0 Å². The molecule has 0 radical (unpaired) electrons. The van der Waals surface area contributed by atoms with Crippen LogP contribution in [0, 0.1) is 18.6 Å². The van der Waals surface area contributed by atoms with Crippen LogP contribution in [0.15, 0.2) is 42.7 Å². The summed E-state index contributed by atoms with van der Waals surface area (Å²) < 4.78 is 27.2. The molecular weight excluding hydrogens is 272 g/mol. The second kappa shape index (κ2) is 5.52. The summed E-state index contributed by atoms with van der Waals surface area (Å²) in [4.78, 5) is 6.55. The first kappa shape index (κ1) is 13.5. The van der Waals surface area contributed by atoms with Gasteiger partial charge in [0.1, 0.15) is 0 Å². The third kappa shape index (κ3) is 2.72. The lowest BCUT2D eigenvalue weighted by Gasteiger charge is -2.16. The molecule has 0 atom stereocenters. The van der Waals surface area contributed by atoms with Crippen LogP contribution in [0.25, 0.3) is 11.3 Å². The van der Waals surface area contributed by atoms with Crippen LogP contribution in [0.1, 0.15) is 11.3 Å². The van der Waals surface area contributed by atoms with E-state index in [9.17, 15) is 8.78 Å². The third-order valence-electron chi connectivity index (χ3n) is 3.48. The van der Waals surface area contributed by atoms with Crippen LogP contribution in [0.3, 0.4) is 0 Å². The average Bonchev–Trinajstić information content (AvgIpc) is 2.97. The maximum atomic E-state index is 13.9. The number of aromatic nitrogens is 1. The Hall–Kier alpha value is -2.43. The van der Waals surface area contributed by atoms with E-state index in [1.807, 2.05) is 25.4 Å². The van der Waals surface area contributed by atoms with Crippen molar-refractivity contribution in [2.75, 3.05) is 6.67 Å². The van der Waals surface area contributed by atoms with Gasteiger partial charge >= 0.3 is 0 Å². The maximum Gasteiger partial charge on any atom is 0.168 e.